The maximum Gasteiger partial charge on any atom is 0.293 e. The molecule has 0 unspecified atom stereocenters. The molecule has 0 saturated carbocycles. The molecule has 2 heterocycles. The van der Waals surface area contributed by atoms with Gasteiger partial charge in [0.25, 0.3) is 11.1 Å². The third kappa shape index (κ3) is 2.86. The zero-order valence-electron chi connectivity index (χ0n) is 14.0. The van der Waals surface area contributed by atoms with E-state index in [1.165, 1.54) is 10.3 Å². The van der Waals surface area contributed by atoms with Gasteiger partial charge in [0, 0.05) is 24.1 Å². The third-order valence-electron chi connectivity index (χ3n) is 4.26. The van der Waals surface area contributed by atoms with Crippen LogP contribution in [-0.2, 0) is 4.79 Å². The third-order valence-corrected chi connectivity index (χ3v) is 5.16. The van der Waals surface area contributed by atoms with E-state index in [-0.39, 0.29) is 17.7 Å². The van der Waals surface area contributed by atoms with Gasteiger partial charge in [0.05, 0.1) is 4.91 Å². The molecular formula is C21H16N2O2S. The topological polar surface area (TPSA) is 42.3 Å². The van der Waals surface area contributed by atoms with E-state index < -0.39 is 0 Å². The van der Waals surface area contributed by atoms with Crippen molar-refractivity contribution in [2.75, 3.05) is 6.54 Å². The van der Waals surface area contributed by atoms with Crippen LogP contribution in [0.15, 0.2) is 78.4 Å². The Hall–Kier alpha value is -3.05. The molecule has 5 heteroatoms. The smallest absolute Gasteiger partial charge is 0.293 e. The summed E-state index contributed by atoms with van der Waals surface area (Å²) >= 11 is 0.964. The van der Waals surface area contributed by atoms with Gasteiger partial charge in [-0.3, -0.25) is 14.5 Å². The van der Waals surface area contributed by atoms with Crippen molar-refractivity contribution in [1.82, 2.24) is 9.47 Å². The summed E-state index contributed by atoms with van der Waals surface area (Å²) in [4.78, 5) is 26.0. The van der Waals surface area contributed by atoms with Gasteiger partial charge >= 0.3 is 0 Å². The quantitative estimate of drug-likeness (QED) is 0.493. The Kier molecular flexibility index (Phi) is 4.22. The van der Waals surface area contributed by atoms with Gasteiger partial charge in [-0.1, -0.05) is 36.4 Å². The van der Waals surface area contributed by atoms with Crippen molar-refractivity contribution in [3.05, 3.63) is 84.0 Å². The largest absolute Gasteiger partial charge is 0.317 e. The van der Waals surface area contributed by atoms with Gasteiger partial charge in [-0.05, 0) is 52.9 Å². The first-order valence-corrected chi connectivity index (χ1v) is 9.02. The summed E-state index contributed by atoms with van der Waals surface area (Å²) < 4.78 is 2.01. The highest BCUT2D eigenvalue weighted by Crippen LogP contribution is 2.32. The predicted molar refractivity (Wildman–Crippen MR) is 106 cm³/mol. The summed E-state index contributed by atoms with van der Waals surface area (Å²) in [6, 6.07) is 18.3. The molecular weight excluding hydrogens is 344 g/mol. The molecule has 4 rings (SSSR count). The molecule has 1 aliphatic rings. The van der Waals surface area contributed by atoms with Crippen LogP contribution in [0, 0.1) is 0 Å². The summed E-state index contributed by atoms with van der Waals surface area (Å²) in [6.07, 6.45) is 5.27. The minimum atomic E-state index is -0.272. The number of carbonyl (C=O) groups is 2. The minimum Gasteiger partial charge on any atom is -0.317 e. The minimum absolute atomic E-state index is 0.230. The van der Waals surface area contributed by atoms with E-state index >= 15 is 0 Å². The van der Waals surface area contributed by atoms with E-state index in [1.54, 1.807) is 12.2 Å². The highest BCUT2D eigenvalue weighted by molar-refractivity contribution is 8.18. The number of hydrogen-bond donors (Lipinski definition) is 0. The lowest BCUT2D eigenvalue weighted by molar-refractivity contribution is -0.122. The van der Waals surface area contributed by atoms with Gasteiger partial charge in [0.15, 0.2) is 0 Å². The molecule has 4 nitrogen and oxygen atoms in total. The Morgan fingerprint density at radius 1 is 1.00 bits per heavy atom. The van der Waals surface area contributed by atoms with Gasteiger partial charge in [0.2, 0.25) is 0 Å². The van der Waals surface area contributed by atoms with Crippen LogP contribution in [0.5, 0.6) is 0 Å². The maximum absolute atomic E-state index is 12.4. The van der Waals surface area contributed by atoms with Gasteiger partial charge in [0.1, 0.15) is 0 Å². The van der Waals surface area contributed by atoms with E-state index in [2.05, 4.69) is 30.8 Å². The van der Waals surface area contributed by atoms with Crippen molar-refractivity contribution < 1.29 is 9.59 Å². The van der Waals surface area contributed by atoms with Crippen LogP contribution in [0.2, 0.25) is 0 Å². The van der Waals surface area contributed by atoms with Crippen LogP contribution < -0.4 is 0 Å². The monoisotopic (exact) mass is 360 g/mol. The average Bonchev–Trinajstić information content (AvgIpc) is 3.22. The van der Waals surface area contributed by atoms with Gasteiger partial charge in [-0.2, -0.15) is 0 Å². The summed E-state index contributed by atoms with van der Waals surface area (Å²) in [5.74, 6) is -0.272. The number of hydrogen-bond acceptors (Lipinski definition) is 3. The highest BCUT2D eigenvalue weighted by Gasteiger charge is 2.34. The summed E-state index contributed by atoms with van der Waals surface area (Å²) in [6.45, 7) is 3.82. The number of benzene rings is 2. The zero-order valence-corrected chi connectivity index (χ0v) is 14.8. The van der Waals surface area contributed by atoms with Gasteiger partial charge in [-0.15, -0.1) is 6.58 Å². The molecule has 3 aromatic rings. The van der Waals surface area contributed by atoms with E-state index in [0.717, 1.165) is 28.5 Å². The molecule has 0 spiro atoms. The fraction of sp³-hybridized carbons (Fsp3) is 0.0476. The zero-order chi connectivity index (χ0) is 18.1. The molecule has 0 aliphatic carbocycles. The van der Waals surface area contributed by atoms with Crippen LogP contribution >= 0.6 is 11.8 Å². The fourth-order valence-corrected chi connectivity index (χ4v) is 3.83. The predicted octanol–water partition coefficient (Wildman–Crippen LogP) is 4.85. The molecule has 0 bridgehead atoms. The summed E-state index contributed by atoms with van der Waals surface area (Å²) in [7, 11) is 0. The van der Waals surface area contributed by atoms with Gasteiger partial charge < -0.3 is 4.57 Å². The summed E-state index contributed by atoms with van der Waals surface area (Å²) in [5.41, 5.74) is 1.86. The van der Waals surface area contributed by atoms with Crippen molar-refractivity contribution in [3.8, 4) is 5.69 Å². The van der Waals surface area contributed by atoms with E-state index in [4.69, 9.17) is 0 Å². The van der Waals surface area contributed by atoms with Crippen LogP contribution in [0.1, 0.15) is 5.69 Å². The van der Waals surface area contributed by atoms with Crippen LogP contribution in [0.25, 0.3) is 22.5 Å². The van der Waals surface area contributed by atoms with Crippen molar-refractivity contribution >= 4 is 39.8 Å². The number of fused-ring (bicyclic) bond motifs is 1. The second kappa shape index (κ2) is 6.69. The lowest BCUT2D eigenvalue weighted by Crippen LogP contribution is -2.27. The normalized spacial score (nSPS) is 16.0. The van der Waals surface area contributed by atoms with Crippen molar-refractivity contribution in [1.29, 1.82) is 0 Å². The Balaban J connectivity index is 1.72. The molecule has 1 fully saturated rings. The Labute approximate surface area is 155 Å². The first-order valence-electron chi connectivity index (χ1n) is 8.20. The number of carbonyl (C=O) groups excluding carboxylic acids is 2. The molecule has 0 N–H and O–H groups in total. The first-order chi connectivity index (χ1) is 12.7. The number of nitrogens with zero attached hydrogens (tertiary/aromatic N) is 2. The lowest BCUT2D eigenvalue weighted by Gasteiger charge is -2.09. The Morgan fingerprint density at radius 3 is 2.62 bits per heavy atom. The van der Waals surface area contributed by atoms with Crippen LogP contribution in [0.4, 0.5) is 4.79 Å². The second-order valence-electron chi connectivity index (χ2n) is 5.92. The highest BCUT2D eigenvalue weighted by atomic mass is 32.2. The maximum atomic E-state index is 12.4. The number of aromatic nitrogens is 1. The summed E-state index contributed by atoms with van der Waals surface area (Å²) in [5, 5.41) is 2.07. The van der Waals surface area contributed by atoms with Gasteiger partial charge in [-0.25, -0.2) is 0 Å². The average molecular weight is 360 g/mol. The molecule has 128 valence electrons. The first kappa shape index (κ1) is 16.4. The van der Waals surface area contributed by atoms with Crippen molar-refractivity contribution in [3.63, 3.8) is 0 Å². The molecule has 0 radical (unpaired) electrons. The van der Waals surface area contributed by atoms with E-state index in [1.807, 2.05) is 41.1 Å². The molecule has 1 aliphatic heterocycles. The van der Waals surface area contributed by atoms with Crippen LogP contribution in [0.3, 0.4) is 0 Å². The molecule has 2 amide bonds. The molecule has 26 heavy (non-hydrogen) atoms. The van der Waals surface area contributed by atoms with Crippen molar-refractivity contribution in [2.45, 2.75) is 0 Å². The number of thioether (sulfide) groups is 1. The Bertz CT molecular complexity index is 1060. The SMILES string of the molecule is C=CCN1C(=O)S/C(=C\c2cccn2-c2ccc3ccccc3c2)C1=O. The second-order valence-corrected chi connectivity index (χ2v) is 6.91. The molecule has 0 atom stereocenters. The van der Waals surface area contributed by atoms with Crippen molar-refractivity contribution in [2.24, 2.45) is 0 Å². The van der Waals surface area contributed by atoms with Crippen LogP contribution in [-0.4, -0.2) is 27.2 Å². The Morgan fingerprint density at radius 2 is 1.81 bits per heavy atom. The number of rotatable bonds is 4. The molecule has 1 aromatic heterocycles. The standard InChI is InChI=1S/C21H16N2O2S/c1-2-11-23-20(24)19(26-21(23)25)14-17-8-5-12-22(17)18-10-9-15-6-3-4-7-16(15)13-18/h2-10,12-14H,1,11H2/b19-14-. The van der Waals surface area contributed by atoms with E-state index in [0.29, 0.717) is 4.91 Å². The fourth-order valence-electron chi connectivity index (χ4n) is 2.99. The van der Waals surface area contributed by atoms with E-state index in [9.17, 15) is 9.59 Å². The number of imide groups is 1. The number of amides is 2. The molecule has 2 aromatic carbocycles. The molecule has 1 saturated heterocycles. The lowest BCUT2D eigenvalue weighted by atomic mass is 10.1.